The van der Waals surface area contributed by atoms with Crippen LogP contribution in [0.25, 0.3) is 0 Å². The van der Waals surface area contributed by atoms with E-state index >= 15 is 0 Å². The number of sulfone groups is 1. The van der Waals surface area contributed by atoms with E-state index in [4.69, 9.17) is 0 Å². The van der Waals surface area contributed by atoms with Gasteiger partial charge in [0.25, 0.3) is 0 Å². The molecule has 0 aromatic heterocycles. The van der Waals surface area contributed by atoms with Crippen LogP contribution >= 0.6 is 0 Å². The Bertz CT molecular complexity index is 430. The number of nitrogens with one attached hydrogen (secondary N) is 1. The van der Waals surface area contributed by atoms with E-state index in [0.29, 0.717) is 11.4 Å². The first-order valence-corrected chi connectivity index (χ1v) is 6.66. The van der Waals surface area contributed by atoms with E-state index in [2.05, 4.69) is 5.32 Å². The lowest BCUT2D eigenvalue weighted by atomic mass is 10.2. The molecule has 1 atom stereocenters. The number of aryl methyl sites for hydroxylation is 1. The van der Waals surface area contributed by atoms with Crippen molar-refractivity contribution in [1.82, 2.24) is 5.32 Å². The Morgan fingerprint density at radius 1 is 1.27 bits per heavy atom. The summed E-state index contributed by atoms with van der Waals surface area (Å²) < 4.78 is 24.2. The molecule has 2 rings (SSSR count). The van der Waals surface area contributed by atoms with Crippen molar-refractivity contribution < 1.29 is 8.42 Å². The lowest BCUT2D eigenvalue weighted by molar-refractivity contribution is 0.583. The van der Waals surface area contributed by atoms with Gasteiger partial charge in [0.05, 0.1) is 10.1 Å². The summed E-state index contributed by atoms with van der Waals surface area (Å²) >= 11 is 0. The molecule has 0 amide bonds. The Labute approximate surface area is 90.4 Å². The van der Waals surface area contributed by atoms with Gasteiger partial charge in [0.15, 0.2) is 9.84 Å². The fourth-order valence-electron chi connectivity index (χ4n) is 1.81. The zero-order valence-corrected chi connectivity index (χ0v) is 9.55. The lowest BCUT2D eigenvalue weighted by Crippen LogP contribution is -2.23. The summed E-state index contributed by atoms with van der Waals surface area (Å²) in [7, 11) is -3.12. The number of hydrogen-bond acceptors (Lipinski definition) is 3. The molecule has 1 fully saturated rings. The Hall–Kier alpha value is -0.870. The second kappa shape index (κ2) is 3.94. The van der Waals surface area contributed by atoms with Gasteiger partial charge in [-0.25, -0.2) is 8.42 Å². The highest BCUT2D eigenvalue weighted by Crippen LogP contribution is 2.20. The molecular formula is C11H15NO2S. The van der Waals surface area contributed by atoms with Crippen molar-refractivity contribution in [3.05, 3.63) is 29.8 Å². The highest BCUT2D eigenvalue weighted by molar-refractivity contribution is 7.92. The summed E-state index contributed by atoms with van der Waals surface area (Å²) in [6.07, 6.45) is 0.718. The van der Waals surface area contributed by atoms with Crippen LogP contribution in [0.1, 0.15) is 12.0 Å². The van der Waals surface area contributed by atoms with E-state index in [1.54, 1.807) is 12.1 Å². The van der Waals surface area contributed by atoms with Crippen molar-refractivity contribution in [3.8, 4) is 0 Å². The van der Waals surface area contributed by atoms with E-state index in [0.717, 1.165) is 18.5 Å². The van der Waals surface area contributed by atoms with Crippen LogP contribution in [0.15, 0.2) is 29.2 Å². The monoisotopic (exact) mass is 225 g/mol. The van der Waals surface area contributed by atoms with Gasteiger partial charge in [-0.1, -0.05) is 17.7 Å². The molecule has 0 unspecified atom stereocenters. The molecule has 1 heterocycles. The van der Waals surface area contributed by atoms with Gasteiger partial charge in [-0.05, 0) is 32.0 Å². The summed E-state index contributed by atoms with van der Waals surface area (Å²) in [6.45, 7) is 3.33. The summed E-state index contributed by atoms with van der Waals surface area (Å²) in [4.78, 5) is 0.446. The van der Waals surface area contributed by atoms with Crippen molar-refractivity contribution in [1.29, 1.82) is 0 Å². The Morgan fingerprint density at radius 3 is 2.47 bits per heavy atom. The zero-order valence-electron chi connectivity index (χ0n) is 8.73. The molecule has 1 aliphatic heterocycles. The van der Waals surface area contributed by atoms with Crippen LogP contribution in [-0.4, -0.2) is 26.8 Å². The lowest BCUT2D eigenvalue weighted by Gasteiger charge is -2.10. The largest absolute Gasteiger partial charge is 0.315 e. The molecule has 3 nitrogen and oxygen atoms in total. The summed E-state index contributed by atoms with van der Waals surface area (Å²) in [5.41, 5.74) is 1.08. The third kappa shape index (κ3) is 2.06. The maximum absolute atomic E-state index is 12.1. The van der Waals surface area contributed by atoms with E-state index in [1.807, 2.05) is 19.1 Å². The summed E-state index contributed by atoms with van der Waals surface area (Å²) in [5.74, 6) is 0. The number of rotatable bonds is 2. The minimum Gasteiger partial charge on any atom is -0.315 e. The third-order valence-electron chi connectivity index (χ3n) is 2.80. The van der Waals surface area contributed by atoms with Gasteiger partial charge in [0, 0.05) is 6.54 Å². The normalized spacial score (nSPS) is 21.8. The molecule has 1 aliphatic rings. The number of hydrogen-bond donors (Lipinski definition) is 1. The Balaban J connectivity index is 2.32. The first-order valence-electron chi connectivity index (χ1n) is 5.12. The molecule has 1 saturated heterocycles. The van der Waals surface area contributed by atoms with E-state index in [-0.39, 0.29) is 5.25 Å². The third-order valence-corrected chi connectivity index (χ3v) is 5.01. The molecule has 15 heavy (non-hydrogen) atoms. The fourth-order valence-corrected chi connectivity index (χ4v) is 3.48. The zero-order chi connectivity index (χ0) is 10.9. The number of benzene rings is 1. The van der Waals surface area contributed by atoms with Crippen LogP contribution in [-0.2, 0) is 9.84 Å². The van der Waals surface area contributed by atoms with E-state index < -0.39 is 9.84 Å². The molecule has 0 aliphatic carbocycles. The Kier molecular flexibility index (Phi) is 2.80. The molecule has 1 N–H and O–H groups in total. The standard InChI is InChI=1S/C11H15NO2S/c1-9-2-4-10(5-3-9)15(13,14)11-6-7-12-8-11/h2-5,11-12H,6-8H2,1H3/t11-/m0/s1. The summed E-state index contributed by atoms with van der Waals surface area (Å²) in [5, 5.41) is 2.83. The van der Waals surface area contributed by atoms with Crippen molar-refractivity contribution in [2.24, 2.45) is 0 Å². The predicted octanol–water partition coefficient (Wildman–Crippen LogP) is 1.13. The van der Waals surface area contributed by atoms with Gasteiger partial charge in [-0.3, -0.25) is 0 Å². The highest BCUT2D eigenvalue weighted by atomic mass is 32.2. The predicted molar refractivity (Wildman–Crippen MR) is 59.6 cm³/mol. The molecule has 0 bridgehead atoms. The van der Waals surface area contributed by atoms with Crippen molar-refractivity contribution in [2.45, 2.75) is 23.5 Å². The minimum atomic E-state index is -3.12. The topological polar surface area (TPSA) is 46.2 Å². The second-order valence-corrected chi connectivity index (χ2v) is 6.20. The van der Waals surface area contributed by atoms with Crippen LogP contribution in [0.3, 0.4) is 0 Å². The van der Waals surface area contributed by atoms with Gasteiger partial charge in [-0.2, -0.15) is 0 Å². The van der Waals surface area contributed by atoms with Crippen molar-refractivity contribution in [2.75, 3.05) is 13.1 Å². The highest BCUT2D eigenvalue weighted by Gasteiger charge is 2.29. The van der Waals surface area contributed by atoms with Crippen LogP contribution in [0.4, 0.5) is 0 Å². The van der Waals surface area contributed by atoms with Gasteiger partial charge in [0.1, 0.15) is 0 Å². The van der Waals surface area contributed by atoms with Crippen LogP contribution in [0, 0.1) is 6.92 Å². The van der Waals surface area contributed by atoms with E-state index in [9.17, 15) is 8.42 Å². The maximum atomic E-state index is 12.1. The maximum Gasteiger partial charge on any atom is 0.182 e. The van der Waals surface area contributed by atoms with Gasteiger partial charge >= 0.3 is 0 Å². The van der Waals surface area contributed by atoms with Gasteiger partial charge in [-0.15, -0.1) is 0 Å². The first-order chi connectivity index (χ1) is 7.10. The van der Waals surface area contributed by atoms with Crippen molar-refractivity contribution >= 4 is 9.84 Å². The Morgan fingerprint density at radius 2 is 1.93 bits per heavy atom. The molecule has 0 radical (unpaired) electrons. The first kappa shape index (κ1) is 10.6. The quantitative estimate of drug-likeness (QED) is 0.820. The second-order valence-electron chi connectivity index (χ2n) is 3.97. The summed E-state index contributed by atoms with van der Waals surface area (Å²) in [6, 6.07) is 7.08. The van der Waals surface area contributed by atoms with Gasteiger partial charge < -0.3 is 5.32 Å². The average Bonchev–Trinajstić information content (AvgIpc) is 2.71. The average molecular weight is 225 g/mol. The molecule has 1 aromatic rings. The molecule has 0 spiro atoms. The smallest absolute Gasteiger partial charge is 0.182 e. The van der Waals surface area contributed by atoms with E-state index in [1.165, 1.54) is 0 Å². The van der Waals surface area contributed by atoms with Crippen LogP contribution in [0.2, 0.25) is 0 Å². The van der Waals surface area contributed by atoms with Crippen LogP contribution < -0.4 is 5.32 Å². The van der Waals surface area contributed by atoms with Crippen molar-refractivity contribution in [3.63, 3.8) is 0 Å². The minimum absolute atomic E-state index is 0.250. The fraction of sp³-hybridized carbons (Fsp3) is 0.455. The molecule has 0 saturated carbocycles. The molecule has 82 valence electrons. The molecule has 4 heteroatoms. The van der Waals surface area contributed by atoms with Gasteiger partial charge in [0.2, 0.25) is 0 Å². The SMILES string of the molecule is Cc1ccc(S(=O)(=O)[C@H]2CCNC2)cc1. The molecule has 1 aromatic carbocycles. The molecular weight excluding hydrogens is 210 g/mol. The van der Waals surface area contributed by atoms with Crippen LogP contribution in [0.5, 0.6) is 0 Å².